The second kappa shape index (κ2) is 7.78. The average molecular weight is 277 g/mol. The number of benzene rings is 1. The summed E-state index contributed by atoms with van der Waals surface area (Å²) in [6, 6.07) is 7.43. The molecule has 1 aromatic rings. The van der Waals surface area contributed by atoms with Gasteiger partial charge >= 0.3 is 0 Å². The normalized spacial score (nSPS) is 14.9. The van der Waals surface area contributed by atoms with E-state index in [1.807, 2.05) is 29.2 Å². The van der Waals surface area contributed by atoms with Crippen molar-refractivity contribution in [2.24, 2.45) is 0 Å². The fourth-order valence-corrected chi connectivity index (χ4v) is 2.23. The van der Waals surface area contributed by atoms with Crippen LogP contribution in [0.3, 0.4) is 0 Å². The summed E-state index contributed by atoms with van der Waals surface area (Å²) in [6.07, 6.45) is 4.43. The Balaban J connectivity index is 1.76. The number of rotatable bonds is 6. The molecule has 0 radical (unpaired) electrons. The van der Waals surface area contributed by atoms with Crippen LogP contribution in [0.2, 0.25) is 0 Å². The maximum absolute atomic E-state index is 12.0. The molecule has 0 aromatic heterocycles. The molecule has 4 heteroatoms. The van der Waals surface area contributed by atoms with Crippen molar-refractivity contribution in [3.63, 3.8) is 0 Å². The summed E-state index contributed by atoms with van der Waals surface area (Å²) in [4.78, 5) is 13.8. The summed E-state index contributed by atoms with van der Waals surface area (Å²) in [7, 11) is 0. The molecule has 1 amide bonds. The van der Waals surface area contributed by atoms with Crippen LogP contribution >= 0.6 is 0 Å². The van der Waals surface area contributed by atoms with Gasteiger partial charge in [0, 0.05) is 13.1 Å². The first-order valence-corrected chi connectivity index (χ1v) is 7.43. The zero-order valence-electron chi connectivity index (χ0n) is 12.1. The Hall–Kier alpha value is -1.71. The van der Waals surface area contributed by atoms with Crippen LogP contribution in [0.5, 0.6) is 11.5 Å². The van der Waals surface area contributed by atoms with Crippen molar-refractivity contribution in [1.29, 1.82) is 0 Å². The van der Waals surface area contributed by atoms with E-state index in [2.05, 4.69) is 6.92 Å². The minimum Gasteiger partial charge on any atom is -0.494 e. The van der Waals surface area contributed by atoms with Crippen LogP contribution in [0.1, 0.15) is 32.6 Å². The van der Waals surface area contributed by atoms with Gasteiger partial charge in [0.05, 0.1) is 6.61 Å². The number of carbonyl (C=O) groups is 1. The average Bonchev–Trinajstić information content (AvgIpc) is 2.52. The number of likely N-dealkylation sites (tertiary alicyclic amines) is 1. The lowest BCUT2D eigenvalue weighted by Gasteiger charge is -2.26. The van der Waals surface area contributed by atoms with E-state index >= 15 is 0 Å². The lowest BCUT2D eigenvalue weighted by Crippen LogP contribution is -2.38. The van der Waals surface area contributed by atoms with Gasteiger partial charge in [-0.05, 0) is 49.9 Å². The third-order valence-electron chi connectivity index (χ3n) is 3.37. The smallest absolute Gasteiger partial charge is 0.260 e. The minimum atomic E-state index is 0.0796. The highest BCUT2D eigenvalue weighted by Gasteiger charge is 2.16. The minimum absolute atomic E-state index is 0.0796. The van der Waals surface area contributed by atoms with Crippen LogP contribution in [0.4, 0.5) is 0 Å². The molecular formula is C16H23NO3. The Bertz CT molecular complexity index is 410. The van der Waals surface area contributed by atoms with Crippen LogP contribution in [0.15, 0.2) is 24.3 Å². The standard InChI is InChI=1S/C16H23NO3/c1-2-12-19-14-6-8-15(9-7-14)20-13-16(18)17-10-4-3-5-11-17/h6-9H,2-5,10-13H2,1H3. The van der Waals surface area contributed by atoms with Gasteiger partial charge in [-0.1, -0.05) is 6.92 Å². The van der Waals surface area contributed by atoms with Crippen molar-refractivity contribution in [3.05, 3.63) is 24.3 Å². The van der Waals surface area contributed by atoms with Gasteiger partial charge in [-0.25, -0.2) is 0 Å². The molecule has 0 unspecified atom stereocenters. The molecule has 1 aliphatic heterocycles. The third kappa shape index (κ3) is 4.44. The largest absolute Gasteiger partial charge is 0.494 e. The van der Waals surface area contributed by atoms with Gasteiger partial charge in [-0.2, -0.15) is 0 Å². The van der Waals surface area contributed by atoms with Gasteiger partial charge in [-0.3, -0.25) is 4.79 Å². The SMILES string of the molecule is CCCOc1ccc(OCC(=O)N2CCCCC2)cc1. The molecule has 4 nitrogen and oxygen atoms in total. The fourth-order valence-electron chi connectivity index (χ4n) is 2.23. The Labute approximate surface area is 120 Å². The van der Waals surface area contributed by atoms with Crippen molar-refractivity contribution >= 4 is 5.91 Å². The maximum Gasteiger partial charge on any atom is 0.260 e. The van der Waals surface area contributed by atoms with Crippen LogP contribution < -0.4 is 9.47 Å². The van der Waals surface area contributed by atoms with Gasteiger partial charge in [0.25, 0.3) is 5.91 Å². The molecule has 1 fully saturated rings. The number of carbonyl (C=O) groups excluding carboxylic acids is 1. The Morgan fingerprint density at radius 3 is 2.25 bits per heavy atom. The molecule has 0 N–H and O–H groups in total. The fraction of sp³-hybridized carbons (Fsp3) is 0.562. The van der Waals surface area contributed by atoms with Gasteiger partial charge in [0.2, 0.25) is 0 Å². The van der Waals surface area contributed by atoms with E-state index in [9.17, 15) is 4.79 Å². The molecule has 0 atom stereocenters. The third-order valence-corrected chi connectivity index (χ3v) is 3.37. The molecule has 1 aliphatic rings. The van der Waals surface area contributed by atoms with E-state index in [4.69, 9.17) is 9.47 Å². The van der Waals surface area contributed by atoms with E-state index < -0.39 is 0 Å². The quantitative estimate of drug-likeness (QED) is 0.802. The Morgan fingerprint density at radius 1 is 1.05 bits per heavy atom. The Morgan fingerprint density at radius 2 is 1.65 bits per heavy atom. The highest BCUT2D eigenvalue weighted by atomic mass is 16.5. The van der Waals surface area contributed by atoms with Crippen LogP contribution in [-0.2, 0) is 4.79 Å². The summed E-state index contributed by atoms with van der Waals surface area (Å²) in [5.41, 5.74) is 0. The molecule has 20 heavy (non-hydrogen) atoms. The zero-order chi connectivity index (χ0) is 14.2. The lowest BCUT2D eigenvalue weighted by atomic mass is 10.1. The van der Waals surface area contributed by atoms with E-state index in [-0.39, 0.29) is 12.5 Å². The summed E-state index contributed by atoms with van der Waals surface area (Å²) in [5, 5.41) is 0. The van der Waals surface area contributed by atoms with Gasteiger partial charge in [-0.15, -0.1) is 0 Å². The number of hydrogen-bond acceptors (Lipinski definition) is 3. The molecule has 1 saturated heterocycles. The van der Waals surface area contributed by atoms with E-state index in [1.165, 1.54) is 6.42 Å². The van der Waals surface area contributed by atoms with Crippen LogP contribution in [0, 0.1) is 0 Å². The summed E-state index contributed by atoms with van der Waals surface area (Å²) < 4.78 is 11.0. The second-order valence-corrected chi connectivity index (χ2v) is 5.05. The highest BCUT2D eigenvalue weighted by molar-refractivity contribution is 5.77. The van der Waals surface area contributed by atoms with E-state index in [0.29, 0.717) is 12.4 Å². The molecule has 1 heterocycles. The predicted molar refractivity (Wildman–Crippen MR) is 78.2 cm³/mol. The molecule has 0 spiro atoms. The van der Waals surface area contributed by atoms with E-state index in [1.54, 1.807) is 0 Å². The first kappa shape index (κ1) is 14.7. The van der Waals surface area contributed by atoms with Crippen LogP contribution in [0.25, 0.3) is 0 Å². The second-order valence-electron chi connectivity index (χ2n) is 5.05. The highest BCUT2D eigenvalue weighted by Crippen LogP contribution is 2.18. The first-order chi connectivity index (χ1) is 9.79. The van der Waals surface area contributed by atoms with Crippen LogP contribution in [-0.4, -0.2) is 37.1 Å². The number of ether oxygens (including phenoxy) is 2. The number of piperidine rings is 1. The van der Waals surface area contributed by atoms with Gasteiger partial charge in [0.15, 0.2) is 6.61 Å². The van der Waals surface area contributed by atoms with Crippen molar-refractivity contribution in [3.8, 4) is 11.5 Å². The molecule has 2 rings (SSSR count). The molecule has 0 aliphatic carbocycles. The predicted octanol–water partition coefficient (Wildman–Crippen LogP) is 2.87. The van der Waals surface area contributed by atoms with Crippen molar-refractivity contribution in [2.45, 2.75) is 32.6 Å². The topological polar surface area (TPSA) is 38.8 Å². The van der Waals surface area contributed by atoms with Gasteiger partial charge in [0.1, 0.15) is 11.5 Å². The maximum atomic E-state index is 12.0. The van der Waals surface area contributed by atoms with Crippen molar-refractivity contribution < 1.29 is 14.3 Å². The Kier molecular flexibility index (Phi) is 5.71. The lowest BCUT2D eigenvalue weighted by molar-refractivity contribution is -0.134. The first-order valence-electron chi connectivity index (χ1n) is 7.43. The molecule has 0 bridgehead atoms. The van der Waals surface area contributed by atoms with E-state index in [0.717, 1.165) is 38.1 Å². The van der Waals surface area contributed by atoms with Gasteiger partial charge < -0.3 is 14.4 Å². The number of nitrogens with zero attached hydrogens (tertiary/aromatic N) is 1. The monoisotopic (exact) mass is 277 g/mol. The molecule has 0 saturated carbocycles. The summed E-state index contributed by atoms with van der Waals surface area (Å²) in [6.45, 7) is 4.64. The molecule has 1 aromatic carbocycles. The zero-order valence-corrected chi connectivity index (χ0v) is 12.1. The summed E-state index contributed by atoms with van der Waals surface area (Å²) in [5.74, 6) is 1.62. The number of hydrogen-bond donors (Lipinski definition) is 0. The molecule has 110 valence electrons. The number of amides is 1. The summed E-state index contributed by atoms with van der Waals surface area (Å²) >= 11 is 0. The molecular weight excluding hydrogens is 254 g/mol. The van der Waals surface area contributed by atoms with Crippen molar-refractivity contribution in [2.75, 3.05) is 26.3 Å². The van der Waals surface area contributed by atoms with Crippen molar-refractivity contribution in [1.82, 2.24) is 4.90 Å².